The number of hydrogen-bond donors (Lipinski definition) is 1. The van der Waals surface area contributed by atoms with Crippen LogP contribution in [0.3, 0.4) is 0 Å². The van der Waals surface area contributed by atoms with E-state index in [1.54, 1.807) is 12.4 Å². The summed E-state index contributed by atoms with van der Waals surface area (Å²) in [5.74, 6) is 0.521. The average Bonchev–Trinajstić information content (AvgIpc) is 2.75. The van der Waals surface area contributed by atoms with Crippen molar-refractivity contribution in [1.29, 1.82) is 0 Å². The molecule has 146 valence electrons. The zero-order chi connectivity index (χ0) is 19.3. The van der Waals surface area contributed by atoms with E-state index in [2.05, 4.69) is 49.0 Å². The van der Waals surface area contributed by atoms with Gasteiger partial charge in [0, 0.05) is 56.4 Å². The highest BCUT2D eigenvalue weighted by atomic mass is 16.5. The Kier molecular flexibility index (Phi) is 5.64. The number of fused-ring (bicyclic) bond motifs is 1. The van der Waals surface area contributed by atoms with Crippen molar-refractivity contribution >= 4 is 16.7 Å². The van der Waals surface area contributed by atoms with Crippen LogP contribution in [0.2, 0.25) is 0 Å². The highest BCUT2D eigenvalue weighted by Crippen LogP contribution is 2.28. The number of piperazine rings is 1. The summed E-state index contributed by atoms with van der Waals surface area (Å²) in [5.41, 5.74) is 4.52. The Morgan fingerprint density at radius 3 is 2.50 bits per heavy atom. The van der Waals surface area contributed by atoms with Crippen molar-refractivity contribution in [2.24, 2.45) is 0 Å². The Labute approximate surface area is 164 Å². The van der Waals surface area contributed by atoms with Crippen LogP contribution in [0.25, 0.3) is 22.3 Å². The molecule has 3 aromatic rings. The van der Waals surface area contributed by atoms with E-state index in [1.165, 1.54) is 5.69 Å². The number of rotatable bonds is 6. The van der Waals surface area contributed by atoms with Crippen LogP contribution in [-0.2, 0) is 0 Å². The molecule has 0 radical (unpaired) electrons. The first kappa shape index (κ1) is 18.6. The lowest BCUT2D eigenvalue weighted by Crippen LogP contribution is -2.47. The summed E-state index contributed by atoms with van der Waals surface area (Å²) in [7, 11) is 0. The molecular formula is C21H25N5O2. The fraction of sp³-hybridized carbons (Fsp3) is 0.381. The van der Waals surface area contributed by atoms with E-state index >= 15 is 0 Å². The number of aliphatic hydroxyl groups is 1. The minimum absolute atomic E-state index is 0.224. The molecule has 0 spiro atoms. The summed E-state index contributed by atoms with van der Waals surface area (Å²) >= 11 is 0. The van der Waals surface area contributed by atoms with Gasteiger partial charge in [-0.25, -0.2) is 9.97 Å². The zero-order valence-electron chi connectivity index (χ0n) is 16.1. The molecule has 28 heavy (non-hydrogen) atoms. The lowest BCUT2D eigenvalue weighted by Gasteiger charge is -2.35. The van der Waals surface area contributed by atoms with Crippen LogP contribution in [0.4, 0.5) is 5.69 Å². The molecular weight excluding hydrogens is 354 g/mol. The summed E-state index contributed by atoms with van der Waals surface area (Å²) in [6.45, 7) is 7.34. The van der Waals surface area contributed by atoms with Crippen LogP contribution >= 0.6 is 0 Å². The van der Waals surface area contributed by atoms with E-state index in [-0.39, 0.29) is 6.61 Å². The van der Waals surface area contributed by atoms with Crippen molar-refractivity contribution in [3.63, 3.8) is 0 Å². The molecule has 4 rings (SSSR count). The molecule has 0 unspecified atom stereocenters. The van der Waals surface area contributed by atoms with Crippen LogP contribution in [0.15, 0.2) is 42.7 Å². The molecule has 1 aliphatic heterocycles. The first-order valence-corrected chi connectivity index (χ1v) is 9.71. The van der Waals surface area contributed by atoms with Gasteiger partial charge >= 0.3 is 0 Å². The molecule has 1 N–H and O–H groups in total. The van der Waals surface area contributed by atoms with Gasteiger partial charge in [0.15, 0.2) is 5.52 Å². The maximum Gasteiger partial charge on any atom is 0.242 e. The molecule has 0 amide bonds. The first-order valence-electron chi connectivity index (χ1n) is 9.71. The Balaban J connectivity index is 1.56. The fourth-order valence-electron chi connectivity index (χ4n) is 3.54. The lowest BCUT2D eigenvalue weighted by atomic mass is 10.1. The molecule has 1 fully saturated rings. The van der Waals surface area contributed by atoms with Gasteiger partial charge in [-0.15, -0.1) is 0 Å². The summed E-state index contributed by atoms with van der Waals surface area (Å²) in [4.78, 5) is 18.1. The second-order valence-electron chi connectivity index (χ2n) is 6.77. The summed E-state index contributed by atoms with van der Waals surface area (Å²) in [5, 5.41) is 9.08. The van der Waals surface area contributed by atoms with Crippen LogP contribution in [0.5, 0.6) is 5.88 Å². The number of nitrogens with zero attached hydrogens (tertiary/aromatic N) is 5. The maximum absolute atomic E-state index is 9.08. The van der Waals surface area contributed by atoms with Gasteiger partial charge in [0.05, 0.1) is 24.4 Å². The highest BCUT2D eigenvalue weighted by molar-refractivity contribution is 5.83. The van der Waals surface area contributed by atoms with E-state index in [4.69, 9.17) is 9.84 Å². The molecule has 0 bridgehead atoms. The van der Waals surface area contributed by atoms with Gasteiger partial charge in [-0.2, -0.15) is 0 Å². The smallest absolute Gasteiger partial charge is 0.242 e. The molecule has 1 aromatic carbocycles. The standard InChI is InChI=1S/C21H25N5O2/c1-2-28-21-20-19(22-7-8-23-20)15-18(24-21)16-3-5-17(6-4-16)26-11-9-25(10-12-26)13-14-27/h3-8,15,27H,2,9-14H2,1H3. The molecule has 0 atom stereocenters. The summed E-state index contributed by atoms with van der Waals surface area (Å²) < 4.78 is 5.69. The monoisotopic (exact) mass is 379 g/mol. The largest absolute Gasteiger partial charge is 0.476 e. The molecule has 0 saturated carbocycles. The fourth-order valence-corrected chi connectivity index (χ4v) is 3.54. The average molecular weight is 379 g/mol. The van der Waals surface area contributed by atoms with Gasteiger partial charge < -0.3 is 14.7 Å². The van der Waals surface area contributed by atoms with Gasteiger partial charge in [-0.3, -0.25) is 9.88 Å². The lowest BCUT2D eigenvalue weighted by molar-refractivity contribution is 0.189. The van der Waals surface area contributed by atoms with Crippen LogP contribution in [0.1, 0.15) is 6.92 Å². The number of pyridine rings is 1. The molecule has 1 aliphatic rings. The zero-order valence-corrected chi connectivity index (χ0v) is 16.1. The van der Waals surface area contributed by atoms with E-state index < -0.39 is 0 Å². The minimum Gasteiger partial charge on any atom is -0.476 e. The van der Waals surface area contributed by atoms with Crippen molar-refractivity contribution in [3.05, 3.63) is 42.7 Å². The Morgan fingerprint density at radius 1 is 1.04 bits per heavy atom. The first-order chi connectivity index (χ1) is 13.8. The number of aromatic nitrogens is 3. The Hall–Kier alpha value is -2.77. The predicted molar refractivity (Wildman–Crippen MR) is 110 cm³/mol. The number of ether oxygens (including phenoxy) is 1. The van der Waals surface area contributed by atoms with Gasteiger partial charge in [0.1, 0.15) is 0 Å². The van der Waals surface area contributed by atoms with E-state index in [9.17, 15) is 0 Å². The van der Waals surface area contributed by atoms with Crippen molar-refractivity contribution in [2.75, 3.05) is 50.8 Å². The highest BCUT2D eigenvalue weighted by Gasteiger charge is 2.17. The van der Waals surface area contributed by atoms with E-state index in [1.807, 2.05) is 13.0 Å². The third kappa shape index (κ3) is 3.90. The molecule has 2 aromatic heterocycles. The SMILES string of the molecule is CCOc1nc(-c2ccc(N3CCN(CCO)CC3)cc2)cc2nccnc12. The molecule has 1 saturated heterocycles. The third-order valence-corrected chi connectivity index (χ3v) is 5.02. The molecule has 0 aliphatic carbocycles. The number of benzene rings is 1. The number of hydrogen-bond acceptors (Lipinski definition) is 7. The number of aliphatic hydroxyl groups excluding tert-OH is 1. The van der Waals surface area contributed by atoms with Gasteiger partial charge in [0.25, 0.3) is 0 Å². The second-order valence-corrected chi connectivity index (χ2v) is 6.77. The molecule has 7 heteroatoms. The minimum atomic E-state index is 0.224. The van der Waals surface area contributed by atoms with Gasteiger partial charge in [-0.05, 0) is 25.1 Å². The van der Waals surface area contributed by atoms with Crippen molar-refractivity contribution in [1.82, 2.24) is 19.9 Å². The predicted octanol–water partition coefficient (Wildman–Crippen LogP) is 2.20. The quantitative estimate of drug-likeness (QED) is 0.704. The van der Waals surface area contributed by atoms with Gasteiger partial charge in [0.2, 0.25) is 5.88 Å². The maximum atomic E-state index is 9.08. The van der Waals surface area contributed by atoms with E-state index in [0.717, 1.165) is 49.5 Å². The molecule has 7 nitrogen and oxygen atoms in total. The van der Waals surface area contributed by atoms with Crippen molar-refractivity contribution in [3.8, 4) is 17.1 Å². The topological polar surface area (TPSA) is 74.6 Å². The van der Waals surface area contributed by atoms with Crippen molar-refractivity contribution < 1.29 is 9.84 Å². The Morgan fingerprint density at radius 2 is 1.79 bits per heavy atom. The Bertz CT molecular complexity index is 924. The van der Waals surface area contributed by atoms with Crippen LogP contribution in [0, 0.1) is 0 Å². The normalized spacial score (nSPS) is 15.1. The van der Waals surface area contributed by atoms with Crippen LogP contribution < -0.4 is 9.64 Å². The summed E-state index contributed by atoms with van der Waals surface area (Å²) in [6.07, 6.45) is 3.34. The van der Waals surface area contributed by atoms with Gasteiger partial charge in [-0.1, -0.05) is 12.1 Å². The number of anilines is 1. The van der Waals surface area contributed by atoms with Crippen LogP contribution in [-0.4, -0.2) is 70.9 Å². The van der Waals surface area contributed by atoms with E-state index in [0.29, 0.717) is 18.0 Å². The van der Waals surface area contributed by atoms with Crippen molar-refractivity contribution in [2.45, 2.75) is 6.92 Å². The summed E-state index contributed by atoms with van der Waals surface area (Å²) in [6, 6.07) is 10.4. The number of β-amino-alcohol motifs (C(OH)–C–C–N with tert-alkyl or cyclic N) is 1. The third-order valence-electron chi connectivity index (χ3n) is 5.02. The molecule has 3 heterocycles. The second kappa shape index (κ2) is 8.50.